The first-order valence-corrected chi connectivity index (χ1v) is 7.15. The predicted octanol–water partition coefficient (Wildman–Crippen LogP) is 3.49. The molecule has 100 valence electrons. The van der Waals surface area contributed by atoms with Crippen molar-refractivity contribution in [2.75, 3.05) is 0 Å². The Kier molecular flexibility index (Phi) is 3.78. The van der Waals surface area contributed by atoms with E-state index in [1.807, 2.05) is 29.2 Å². The second-order valence-corrected chi connectivity index (χ2v) is 5.70. The molecule has 0 bridgehead atoms. The van der Waals surface area contributed by atoms with Crippen molar-refractivity contribution in [1.29, 1.82) is 0 Å². The number of nitrogens with one attached hydrogen (secondary N) is 1. The van der Waals surface area contributed by atoms with Gasteiger partial charge in [-0.1, -0.05) is 35.3 Å². The van der Waals surface area contributed by atoms with Crippen LogP contribution in [0.5, 0.6) is 0 Å². The zero-order valence-corrected chi connectivity index (χ0v) is 12.0. The molecule has 0 unspecified atom stereocenters. The van der Waals surface area contributed by atoms with E-state index in [0.29, 0.717) is 22.6 Å². The topological polar surface area (TPSA) is 29.9 Å². The van der Waals surface area contributed by atoms with E-state index < -0.39 is 0 Å². The van der Waals surface area contributed by atoms with Crippen molar-refractivity contribution in [2.45, 2.75) is 32.0 Å². The van der Waals surface area contributed by atoms with Gasteiger partial charge in [0, 0.05) is 24.3 Å². The molecular formula is C14H15Cl2N3. The lowest BCUT2D eigenvalue weighted by Crippen LogP contribution is -2.14. The highest BCUT2D eigenvalue weighted by molar-refractivity contribution is 6.42. The average molecular weight is 296 g/mol. The van der Waals surface area contributed by atoms with Crippen LogP contribution in [0.3, 0.4) is 0 Å². The molecule has 0 atom stereocenters. The molecule has 1 heterocycles. The van der Waals surface area contributed by atoms with Crippen molar-refractivity contribution >= 4 is 23.2 Å². The number of rotatable bonds is 5. The van der Waals surface area contributed by atoms with Gasteiger partial charge in [-0.25, -0.2) is 0 Å². The highest BCUT2D eigenvalue weighted by Gasteiger charge is 2.20. The maximum atomic E-state index is 6.18. The molecule has 0 amide bonds. The Balaban J connectivity index is 1.67. The van der Waals surface area contributed by atoms with Crippen molar-refractivity contribution in [3.8, 4) is 0 Å². The van der Waals surface area contributed by atoms with Crippen LogP contribution in [0.15, 0.2) is 30.6 Å². The fourth-order valence-electron chi connectivity index (χ4n) is 1.98. The SMILES string of the molecule is Clc1cccc(Cn2cc(CNC3CC3)cn2)c1Cl. The van der Waals surface area contributed by atoms with Crippen LogP contribution in [0.4, 0.5) is 0 Å². The highest BCUT2D eigenvalue weighted by atomic mass is 35.5. The Morgan fingerprint density at radius 2 is 2.16 bits per heavy atom. The standard InChI is InChI=1S/C14H15Cl2N3/c15-13-3-1-2-11(14(13)16)9-19-8-10(7-18-19)6-17-12-4-5-12/h1-3,7-8,12,17H,4-6,9H2. The summed E-state index contributed by atoms with van der Waals surface area (Å²) in [5.41, 5.74) is 2.18. The van der Waals surface area contributed by atoms with Crippen molar-refractivity contribution in [2.24, 2.45) is 0 Å². The summed E-state index contributed by atoms with van der Waals surface area (Å²) in [7, 11) is 0. The number of hydrogen-bond acceptors (Lipinski definition) is 2. The summed E-state index contributed by atoms with van der Waals surface area (Å²) in [5.74, 6) is 0. The Morgan fingerprint density at radius 3 is 2.95 bits per heavy atom. The first kappa shape index (κ1) is 13.0. The smallest absolute Gasteiger partial charge is 0.0674 e. The summed E-state index contributed by atoms with van der Waals surface area (Å²) in [4.78, 5) is 0. The van der Waals surface area contributed by atoms with E-state index in [0.717, 1.165) is 12.1 Å². The molecule has 3 rings (SSSR count). The van der Waals surface area contributed by atoms with E-state index >= 15 is 0 Å². The van der Waals surface area contributed by atoms with Gasteiger partial charge in [-0.05, 0) is 24.5 Å². The lowest BCUT2D eigenvalue weighted by molar-refractivity contribution is 0.675. The fourth-order valence-corrected chi connectivity index (χ4v) is 2.36. The van der Waals surface area contributed by atoms with Gasteiger partial charge in [-0.3, -0.25) is 4.68 Å². The fraction of sp³-hybridized carbons (Fsp3) is 0.357. The van der Waals surface area contributed by atoms with Crippen molar-refractivity contribution in [1.82, 2.24) is 15.1 Å². The molecule has 0 aliphatic heterocycles. The molecule has 0 radical (unpaired) electrons. The number of benzene rings is 1. The van der Waals surface area contributed by atoms with Gasteiger partial charge >= 0.3 is 0 Å². The van der Waals surface area contributed by atoms with E-state index in [9.17, 15) is 0 Å². The van der Waals surface area contributed by atoms with Crippen LogP contribution >= 0.6 is 23.2 Å². The largest absolute Gasteiger partial charge is 0.310 e. The van der Waals surface area contributed by atoms with Crippen LogP contribution in [0.25, 0.3) is 0 Å². The highest BCUT2D eigenvalue weighted by Crippen LogP contribution is 2.26. The van der Waals surface area contributed by atoms with Gasteiger partial charge in [0.2, 0.25) is 0 Å². The maximum Gasteiger partial charge on any atom is 0.0674 e. The van der Waals surface area contributed by atoms with Gasteiger partial charge in [-0.15, -0.1) is 0 Å². The summed E-state index contributed by atoms with van der Waals surface area (Å²) in [6.45, 7) is 1.52. The molecule has 2 aromatic rings. The maximum absolute atomic E-state index is 6.18. The molecule has 5 heteroatoms. The van der Waals surface area contributed by atoms with Crippen LogP contribution in [0.2, 0.25) is 10.0 Å². The second kappa shape index (κ2) is 5.53. The first-order chi connectivity index (χ1) is 9.22. The molecule has 3 nitrogen and oxygen atoms in total. The third kappa shape index (κ3) is 3.30. The van der Waals surface area contributed by atoms with Gasteiger partial charge in [-0.2, -0.15) is 5.10 Å². The lowest BCUT2D eigenvalue weighted by atomic mass is 10.2. The third-order valence-corrected chi connectivity index (χ3v) is 4.08. The molecule has 1 saturated carbocycles. The number of aromatic nitrogens is 2. The van der Waals surface area contributed by atoms with E-state index in [2.05, 4.69) is 10.4 Å². The van der Waals surface area contributed by atoms with E-state index in [1.54, 1.807) is 6.07 Å². The Hall–Kier alpha value is -1.03. The summed E-state index contributed by atoms with van der Waals surface area (Å²) >= 11 is 12.2. The molecule has 19 heavy (non-hydrogen) atoms. The number of halogens is 2. The van der Waals surface area contributed by atoms with Crippen molar-refractivity contribution in [3.05, 3.63) is 51.8 Å². The molecule has 1 aliphatic carbocycles. The minimum Gasteiger partial charge on any atom is -0.310 e. The average Bonchev–Trinajstić information content (AvgIpc) is 3.13. The predicted molar refractivity (Wildman–Crippen MR) is 77.7 cm³/mol. The molecule has 1 aromatic heterocycles. The molecular weight excluding hydrogens is 281 g/mol. The summed E-state index contributed by atoms with van der Waals surface area (Å²) in [5, 5.41) is 9.02. The molecule has 0 saturated heterocycles. The van der Waals surface area contributed by atoms with E-state index in [1.165, 1.54) is 18.4 Å². The van der Waals surface area contributed by atoms with Gasteiger partial charge < -0.3 is 5.32 Å². The first-order valence-electron chi connectivity index (χ1n) is 6.40. The van der Waals surface area contributed by atoms with Crippen LogP contribution in [-0.4, -0.2) is 15.8 Å². The molecule has 0 spiro atoms. The molecule has 1 aliphatic rings. The number of hydrogen-bond donors (Lipinski definition) is 1. The second-order valence-electron chi connectivity index (χ2n) is 4.91. The van der Waals surface area contributed by atoms with Gasteiger partial charge in [0.05, 0.1) is 22.8 Å². The molecule has 1 fully saturated rings. The Bertz CT molecular complexity index is 576. The summed E-state index contributed by atoms with van der Waals surface area (Å²) < 4.78 is 1.89. The van der Waals surface area contributed by atoms with Crippen LogP contribution in [0.1, 0.15) is 24.0 Å². The van der Waals surface area contributed by atoms with Gasteiger partial charge in [0.15, 0.2) is 0 Å². The van der Waals surface area contributed by atoms with Gasteiger partial charge in [0.1, 0.15) is 0 Å². The zero-order valence-electron chi connectivity index (χ0n) is 10.4. The third-order valence-electron chi connectivity index (χ3n) is 3.22. The van der Waals surface area contributed by atoms with Crippen LogP contribution < -0.4 is 5.32 Å². The summed E-state index contributed by atoms with van der Waals surface area (Å²) in [6, 6.07) is 6.38. The minimum atomic E-state index is 0.585. The number of nitrogens with zero attached hydrogens (tertiary/aromatic N) is 2. The Labute approximate surface area is 122 Å². The van der Waals surface area contributed by atoms with E-state index in [4.69, 9.17) is 23.2 Å². The van der Waals surface area contributed by atoms with Crippen LogP contribution in [-0.2, 0) is 13.1 Å². The Morgan fingerprint density at radius 1 is 1.32 bits per heavy atom. The van der Waals surface area contributed by atoms with Crippen molar-refractivity contribution in [3.63, 3.8) is 0 Å². The molecule has 1 N–H and O–H groups in total. The van der Waals surface area contributed by atoms with Gasteiger partial charge in [0.25, 0.3) is 0 Å². The van der Waals surface area contributed by atoms with Crippen LogP contribution in [0, 0.1) is 0 Å². The molecule has 1 aromatic carbocycles. The van der Waals surface area contributed by atoms with E-state index in [-0.39, 0.29) is 0 Å². The summed E-state index contributed by atoms with van der Waals surface area (Å²) in [6.07, 6.45) is 6.54. The zero-order chi connectivity index (χ0) is 13.2. The quantitative estimate of drug-likeness (QED) is 0.915. The lowest BCUT2D eigenvalue weighted by Gasteiger charge is -2.05. The minimum absolute atomic E-state index is 0.585. The van der Waals surface area contributed by atoms with Crippen molar-refractivity contribution < 1.29 is 0 Å². The monoisotopic (exact) mass is 295 g/mol. The normalized spacial score (nSPS) is 14.8.